The monoisotopic (exact) mass is 446 g/mol. The zero-order valence-corrected chi connectivity index (χ0v) is 18.4. The highest BCUT2D eigenvalue weighted by atomic mass is 16.5. The van der Waals surface area contributed by atoms with Gasteiger partial charge in [0.1, 0.15) is 17.4 Å². The number of ether oxygens (including phenoxy) is 2. The number of amides is 1. The number of aryl methyl sites for hydroxylation is 1. The summed E-state index contributed by atoms with van der Waals surface area (Å²) in [6, 6.07) is 6.72. The molecule has 1 amide bonds. The minimum Gasteiger partial charge on any atom is -0.492 e. The molecule has 0 spiro atoms. The molecule has 2 aromatic heterocycles. The fraction of sp³-hybridized carbons (Fsp3) is 0.333. The third-order valence-corrected chi connectivity index (χ3v) is 6.34. The van der Waals surface area contributed by atoms with E-state index in [9.17, 15) is 4.79 Å². The summed E-state index contributed by atoms with van der Waals surface area (Å²) in [5, 5.41) is 8.81. The number of hydrogen-bond acceptors (Lipinski definition) is 7. The van der Waals surface area contributed by atoms with Crippen LogP contribution in [0.3, 0.4) is 0 Å². The summed E-state index contributed by atoms with van der Waals surface area (Å²) < 4.78 is 11.2. The Labute approximate surface area is 191 Å². The summed E-state index contributed by atoms with van der Waals surface area (Å²) in [6.45, 7) is 3.52. The third kappa shape index (κ3) is 3.84. The Bertz CT molecular complexity index is 1270. The molecule has 0 saturated carbocycles. The SMILES string of the molecule is C[C@H](C(=N)N)N(Cc1cc2c(cn1)OCCC2)C(=O)c1ccc2nc(N)c3c(c2c1)COC3. The van der Waals surface area contributed by atoms with Crippen LogP contribution in [0.25, 0.3) is 10.9 Å². The molecule has 5 rings (SSSR count). The topological polar surface area (TPSA) is 140 Å². The Hall–Kier alpha value is -3.72. The molecular formula is C24H26N6O3. The van der Waals surface area contributed by atoms with Gasteiger partial charge in [-0.25, -0.2) is 4.98 Å². The zero-order valence-electron chi connectivity index (χ0n) is 18.4. The number of rotatable bonds is 5. The van der Waals surface area contributed by atoms with Gasteiger partial charge in [-0.1, -0.05) is 0 Å². The molecule has 9 heteroatoms. The number of aromatic nitrogens is 2. The molecule has 0 saturated heterocycles. The van der Waals surface area contributed by atoms with E-state index < -0.39 is 6.04 Å². The van der Waals surface area contributed by atoms with Crippen molar-refractivity contribution in [2.45, 2.75) is 45.6 Å². The fourth-order valence-corrected chi connectivity index (χ4v) is 4.39. The van der Waals surface area contributed by atoms with Crippen LogP contribution in [0.2, 0.25) is 0 Å². The summed E-state index contributed by atoms with van der Waals surface area (Å²) in [6.07, 6.45) is 3.57. The largest absolute Gasteiger partial charge is 0.492 e. The molecule has 5 N–H and O–H groups in total. The van der Waals surface area contributed by atoms with Gasteiger partial charge >= 0.3 is 0 Å². The van der Waals surface area contributed by atoms with Gasteiger partial charge in [0, 0.05) is 16.5 Å². The molecule has 9 nitrogen and oxygen atoms in total. The van der Waals surface area contributed by atoms with Crippen molar-refractivity contribution in [3.63, 3.8) is 0 Å². The summed E-state index contributed by atoms with van der Waals surface area (Å²) in [5.74, 6) is 0.928. The number of fused-ring (bicyclic) bond motifs is 4. The summed E-state index contributed by atoms with van der Waals surface area (Å²) in [7, 11) is 0. The maximum atomic E-state index is 13.6. The van der Waals surface area contributed by atoms with Crippen molar-refractivity contribution in [1.82, 2.24) is 14.9 Å². The average Bonchev–Trinajstić information content (AvgIpc) is 3.32. The molecule has 0 bridgehead atoms. The maximum Gasteiger partial charge on any atom is 0.254 e. The van der Waals surface area contributed by atoms with Crippen LogP contribution >= 0.6 is 0 Å². The first-order valence-corrected chi connectivity index (χ1v) is 11.0. The lowest BCUT2D eigenvalue weighted by molar-refractivity contribution is 0.0717. The van der Waals surface area contributed by atoms with E-state index in [2.05, 4.69) is 9.97 Å². The molecule has 33 heavy (non-hydrogen) atoms. The normalized spacial score (nSPS) is 15.4. The van der Waals surface area contributed by atoms with E-state index in [1.54, 1.807) is 30.2 Å². The molecule has 3 aromatic rings. The molecule has 0 aliphatic carbocycles. The van der Waals surface area contributed by atoms with Gasteiger partial charge in [-0.15, -0.1) is 0 Å². The molecule has 2 aliphatic rings. The van der Waals surface area contributed by atoms with Crippen LogP contribution in [0.15, 0.2) is 30.5 Å². The second kappa shape index (κ2) is 8.32. The first kappa shape index (κ1) is 21.1. The van der Waals surface area contributed by atoms with E-state index >= 15 is 0 Å². The zero-order chi connectivity index (χ0) is 23.1. The van der Waals surface area contributed by atoms with Crippen LogP contribution < -0.4 is 16.2 Å². The van der Waals surface area contributed by atoms with Crippen LogP contribution in [0, 0.1) is 5.41 Å². The van der Waals surface area contributed by atoms with Crippen LogP contribution in [0.1, 0.15) is 46.1 Å². The molecule has 1 aromatic carbocycles. The minimum absolute atomic E-state index is 0.0887. The van der Waals surface area contributed by atoms with E-state index in [1.807, 2.05) is 12.1 Å². The maximum absolute atomic E-state index is 13.6. The quantitative estimate of drug-likeness (QED) is 0.404. The van der Waals surface area contributed by atoms with Crippen molar-refractivity contribution >= 4 is 28.5 Å². The predicted octanol–water partition coefficient (Wildman–Crippen LogP) is 2.53. The first-order chi connectivity index (χ1) is 15.9. The van der Waals surface area contributed by atoms with Crippen molar-refractivity contribution < 1.29 is 14.3 Å². The van der Waals surface area contributed by atoms with Crippen molar-refractivity contribution in [3.8, 4) is 5.75 Å². The molecule has 4 heterocycles. The Kier molecular flexibility index (Phi) is 5.33. The van der Waals surface area contributed by atoms with Crippen molar-refractivity contribution in [2.75, 3.05) is 12.3 Å². The van der Waals surface area contributed by atoms with Crippen LogP contribution in [-0.2, 0) is 30.9 Å². The number of anilines is 1. The summed E-state index contributed by atoms with van der Waals surface area (Å²) in [5.41, 5.74) is 16.7. The number of nitrogens with zero attached hydrogens (tertiary/aromatic N) is 3. The Balaban J connectivity index is 1.50. The van der Waals surface area contributed by atoms with Gasteiger partial charge in [-0.05, 0) is 55.2 Å². The first-order valence-electron chi connectivity index (χ1n) is 11.0. The van der Waals surface area contributed by atoms with Crippen LogP contribution in [0.5, 0.6) is 5.75 Å². The van der Waals surface area contributed by atoms with Gasteiger partial charge in [-0.2, -0.15) is 0 Å². The predicted molar refractivity (Wildman–Crippen MR) is 124 cm³/mol. The third-order valence-electron chi connectivity index (χ3n) is 6.34. The molecule has 0 fully saturated rings. The molecule has 0 unspecified atom stereocenters. The number of pyridine rings is 2. The van der Waals surface area contributed by atoms with Gasteiger partial charge in [-0.3, -0.25) is 15.2 Å². The van der Waals surface area contributed by atoms with Crippen LogP contribution in [0.4, 0.5) is 5.82 Å². The van der Waals surface area contributed by atoms with E-state index in [0.29, 0.717) is 31.2 Å². The standard InChI is InChI=1S/C24H26N6O3/c1-13(22(25)26)30(10-16-7-14-3-2-6-33-21(14)9-28-16)24(31)15-4-5-20-17(8-15)18-11-32-12-19(18)23(27)29-20/h4-5,7-9,13H,2-3,6,10-12H2,1H3,(H3,25,26)(H2,27,29)/t13-/m1/s1. The molecule has 0 radical (unpaired) electrons. The van der Waals surface area contributed by atoms with Crippen molar-refractivity contribution in [2.24, 2.45) is 5.73 Å². The van der Waals surface area contributed by atoms with Crippen LogP contribution in [-0.4, -0.2) is 39.3 Å². The minimum atomic E-state index is -0.596. The molecule has 170 valence electrons. The van der Waals surface area contributed by atoms with Crippen molar-refractivity contribution in [1.29, 1.82) is 5.41 Å². The number of carbonyl (C=O) groups is 1. The average molecular weight is 447 g/mol. The van der Waals surface area contributed by atoms with Crippen molar-refractivity contribution in [3.05, 3.63) is 58.4 Å². The number of nitrogen functional groups attached to an aromatic ring is 1. The number of nitrogens with one attached hydrogen (secondary N) is 1. The smallest absolute Gasteiger partial charge is 0.254 e. The Morgan fingerprint density at radius 3 is 2.91 bits per heavy atom. The van der Waals surface area contributed by atoms with Gasteiger partial charge in [0.05, 0.1) is 49.8 Å². The van der Waals surface area contributed by atoms with Gasteiger partial charge in [0.25, 0.3) is 5.91 Å². The van der Waals surface area contributed by atoms with Gasteiger partial charge in [0.15, 0.2) is 0 Å². The second-order valence-electron chi connectivity index (χ2n) is 8.48. The van der Waals surface area contributed by atoms with E-state index in [0.717, 1.165) is 51.9 Å². The fourth-order valence-electron chi connectivity index (χ4n) is 4.39. The highest BCUT2D eigenvalue weighted by Gasteiger charge is 2.26. The number of carbonyl (C=O) groups excluding carboxylic acids is 1. The number of amidine groups is 1. The lowest BCUT2D eigenvalue weighted by Crippen LogP contribution is -2.45. The molecular weight excluding hydrogens is 420 g/mol. The number of hydrogen-bond donors (Lipinski definition) is 3. The van der Waals surface area contributed by atoms with E-state index in [-0.39, 0.29) is 18.3 Å². The molecule has 2 aliphatic heterocycles. The highest BCUT2D eigenvalue weighted by Crippen LogP contribution is 2.32. The lowest BCUT2D eigenvalue weighted by atomic mass is 10.0. The summed E-state index contributed by atoms with van der Waals surface area (Å²) >= 11 is 0. The second-order valence-corrected chi connectivity index (χ2v) is 8.48. The highest BCUT2D eigenvalue weighted by molar-refractivity contribution is 6.01. The Morgan fingerprint density at radius 2 is 2.09 bits per heavy atom. The van der Waals surface area contributed by atoms with Gasteiger partial charge in [0.2, 0.25) is 0 Å². The van der Waals surface area contributed by atoms with E-state index in [1.165, 1.54) is 0 Å². The van der Waals surface area contributed by atoms with E-state index in [4.69, 9.17) is 26.4 Å². The van der Waals surface area contributed by atoms with Gasteiger partial charge < -0.3 is 25.8 Å². The summed E-state index contributed by atoms with van der Waals surface area (Å²) in [4.78, 5) is 24.2. The Morgan fingerprint density at radius 1 is 1.27 bits per heavy atom. The number of benzene rings is 1. The number of nitrogens with two attached hydrogens (primary N) is 2. The molecule has 1 atom stereocenters. The lowest BCUT2D eigenvalue weighted by Gasteiger charge is -2.29.